The van der Waals surface area contributed by atoms with Gasteiger partial charge in [-0.2, -0.15) is 0 Å². The fourth-order valence-electron chi connectivity index (χ4n) is 3.41. The Hall–Kier alpha value is -0.890. The van der Waals surface area contributed by atoms with Gasteiger partial charge in [0.15, 0.2) is 5.82 Å². The molecule has 2 aliphatic rings. The zero-order valence-corrected chi connectivity index (χ0v) is 14.3. The third-order valence-corrected chi connectivity index (χ3v) is 5.41. The van der Waals surface area contributed by atoms with E-state index in [1.165, 1.54) is 6.07 Å². The van der Waals surface area contributed by atoms with Crippen LogP contribution in [0, 0.1) is 11.6 Å². The number of nitrogens with one attached hydrogen (secondary N) is 1. The summed E-state index contributed by atoms with van der Waals surface area (Å²) in [6.45, 7) is 1.77. The topological polar surface area (TPSA) is 47.0 Å². The molecule has 0 radical (unpaired) electrons. The van der Waals surface area contributed by atoms with Gasteiger partial charge in [0.2, 0.25) is 5.28 Å². The lowest BCUT2D eigenvalue weighted by atomic mass is 9.81. The van der Waals surface area contributed by atoms with Crippen molar-refractivity contribution in [3.63, 3.8) is 0 Å². The summed E-state index contributed by atoms with van der Waals surface area (Å²) < 4.78 is 34.0. The molecular formula is C15H13BrClF2N3O. The van der Waals surface area contributed by atoms with E-state index in [0.717, 1.165) is 32.4 Å². The fourth-order valence-corrected chi connectivity index (χ4v) is 3.89. The lowest BCUT2D eigenvalue weighted by molar-refractivity contribution is -0.217. The summed E-state index contributed by atoms with van der Waals surface area (Å²) in [5, 5.41) is 3.54. The van der Waals surface area contributed by atoms with E-state index in [9.17, 15) is 8.78 Å². The number of aromatic nitrogens is 2. The predicted octanol–water partition coefficient (Wildman–Crippen LogP) is 3.91. The van der Waals surface area contributed by atoms with Crippen LogP contribution >= 0.6 is 27.5 Å². The van der Waals surface area contributed by atoms with Crippen LogP contribution in [0.5, 0.6) is 0 Å². The van der Waals surface area contributed by atoms with Crippen molar-refractivity contribution in [2.75, 3.05) is 13.1 Å². The third kappa shape index (κ3) is 2.54. The number of benzene rings is 1. The van der Waals surface area contributed by atoms with Crippen LogP contribution in [0.2, 0.25) is 5.28 Å². The molecule has 2 aliphatic heterocycles. The number of halogens is 4. The average molecular weight is 405 g/mol. The number of piperidine rings is 1. The summed E-state index contributed by atoms with van der Waals surface area (Å²) in [7, 11) is 0. The Labute approximate surface area is 144 Å². The van der Waals surface area contributed by atoms with Crippen LogP contribution in [0.15, 0.2) is 10.5 Å². The van der Waals surface area contributed by atoms with E-state index < -0.39 is 11.6 Å². The smallest absolute Gasteiger partial charge is 0.223 e. The van der Waals surface area contributed by atoms with Gasteiger partial charge in [0.1, 0.15) is 17.4 Å². The van der Waals surface area contributed by atoms with Gasteiger partial charge >= 0.3 is 0 Å². The first kappa shape index (κ1) is 15.6. The number of nitrogens with zero attached hydrogens (tertiary/aromatic N) is 2. The normalized spacial score (nSPS) is 27.4. The molecule has 3 heterocycles. The van der Waals surface area contributed by atoms with Crippen molar-refractivity contribution in [1.29, 1.82) is 0 Å². The second-order valence-electron chi connectivity index (χ2n) is 6.03. The minimum atomic E-state index is -0.779. The molecule has 4 nitrogen and oxygen atoms in total. The number of fused-ring (bicyclic) bond motifs is 1. The van der Waals surface area contributed by atoms with Crippen molar-refractivity contribution in [3.05, 3.63) is 33.2 Å². The van der Waals surface area contributed by atoms with Crippen LogP contribution in [-0.2, 0) is 4.74 Å². The van der Waals surface area contributed by atoms with Crippen molar-refractivity contribution in [2.45, 2.75) is 31.0 Å². The number of ether oxygens (including phenoxy) is 1. The summed E-state index contributed by atoms with van der Waals surface area (Å²) in [6.07, 6.45) is 2.45. The number of hydrogen-bond acceptors (Lipinski definition) is 4. The van der Waals surface area contributed by atoms with Gasteiger partial charge in [-0.05, 0) is 53.0 Å². The van der Waals surface area contributed by atoms with E-state index in [-0.39, 0.29) is 27.0 Å². The molecule has 1 spiro atoms. The highest BCUT2D eigenvalue weighted by Crippen LogP contribution is 2.47. The molecule has 1 N–H and O–H groups in total. The number of rotatable bonds is 1. The molecule has 2 unspecified atom stereocenters. The fraction of sp³-hybridized carbons (Fsp3) is 0.467. The van der Waals surface area contributed by atoms with Gasteiger partial charge in [-0.15, -0.1) is 0 Å². The molecule has 2 atom stereocenters. The Balaban J connectivity index is 1.76. The summed E-state index contributed by atoms with van der Waals surface area (Å²) in [5.41, 5.74) is 0.250. The Bertz CT molecular complexity index is 790. The molecule has 23 heavy (non-hydrogen) atoms. The first-order chi connectivity index (χ1) is 11.0. The molecule has 0 aliphatic carbocycles. The van der Waals surface area contributed by atoms with Crippen molar-refractivity contribution in [1.82, 2.24) is 15.3 Å². The molecule has 1 aromatic heterocycles. The Morgan fingerprint density at radius 3 is 2.87 bits per heavy atom. The highest BCUT2D eigenvalue weighted by Gasteiger charge is 2.47. The predicted molar refractivity (Wildman–Crippen MR) is 85.4 cm³/mol. The van der Waals surface area contributed by atoms with Gasteiger partial charge < -0.3 is 10.1 Å². The maximum atomic E-state index is 14.3. The molecule has 2 saturated heterocycles. The molecule has 122 valence electrons. The number of hydrogen-bond donors (Lipinski definition) is 1. The summed E-state index contributed by atoms with van der Waals surface area (Å²) in [6, 6.07) is 1.22. The zero-order valence-electron chi connectivity index (χ0n) is 12.0. The highest BCUT2D eigenvalue weighted by molar-refractivity contribution is 9.10. The van der Waals surface area contributed by atoms with Gasteiger partial charge in [-0.3, -0.25) is 0 Å². The minimum absolute atomic E-state index is 0.000376. The van der Waals surface area contributed by atoms with E-state index in [1.807, 2.05) is 0 Å². The van der Waals surface area contributed by atoms with Gasteiger partial charge in [-0.25, -0.2) is 18.7 Å². The van der Waals surface area contributed by atoms with Crippen LogP contribution in [0.3, 0.4) is 0 Å². The van der Waals surface area contributed by atoms with E-state index in [4.69, 9.17) is 16.3 Å². The van der Waals surface area contributed by atoms with E-state index >= 15 is 0 Å². The van der Waals surface area contributed by atoms with Gasteiger partial charge in [0.05, 0.1) is 15.8 Å². The maximum Gasteiger partial charge on any atom is 0.223 e. The van der Waals surface area contributed by atoms with Crippen molar-refractivity contribution < 1.29 is 13.5 Å². The first-order valence-corrected chi connectivity index (χ1v) is 8.55. The standard InChI is InChI=1S/C15H13BrClF2N3O/c16-10-8(18)4-7-12(21-14(17)22-13(7)11(10)19)9-5-15(23-9)2-1-3-20-6-15/h4,9,20H,1-3,5-6H2. The van der Waals surface area contributed by atoms with Crippen LogP contribution in [-0.4, -0.2) is 28.7 Å². The lowest BCUT2D eigenvalue weighted by Gasteiger charge is -2.50. The van der Waals surface area contributed by atoms with Gasteiger partial charge in [0, 0.05) is 18.4 Å². The summed E-state index contributed by atoms with van der Waals surface area (Å²) in [5.74, 6) is -1.48. The summed E-state index contributed by atoms with van der Waals surface area (Å²) in [4.78, 5) is 8.07. The van der Waals surface area contributed by atoms with E-state index in [2.05, 4.69) is 31.2 Å². The molecule has 0 saturated carbocycles. The van der Waals surface area contributed by atoms with Gasteiger partial charge in [-0.1, -0.05) is 0 Å². The van der Waals surface area contributed by atoms with Crippen LogP contribution < -0.4 is 5.32 Å². The molecule has 4 rings (SSSR count). The second-order valence-corrected chi connectivity index (χ2v) is 7.17. The molecule has 1 aromatic carbocycles. The van der Waals surface area contributed by atoms with E-state index in [0.29, 0.717) is 11.1 Å². The van der Waals surface area contributed by atoms with E-state index in [1.54, 1.807) is 0 Å². The molecule has 2 aromatic rings. The maximum absolute atomic E-state index is 14.3. The monoisotopic (exact) mass is 403 g/mol. The van der Waals surface area contributed by atoms with Crippen LogP contribution in [0.1, 0.15) is 31.1 Å². The largest absolute Gasteiger partial charge is 0.364 e. The van der Waals surface area contributed by atoms with Crippen molar-refractivity contribution in [3.8, 4) is 0 Å². The van der Waals surface area contributed by atoms with Gasteiger partial charge in [0.25, 0.3) is 0 Å². The second kappa shape index (κ2) is 5.58. The Kier molecular flexibility index (Phi) is 3.79. The average Bonchev–Trinajstić information content (AvgIpc) is 2.51. The Morgan fingerprint density at radius 2 is 2.17 bits per heavy atom. The summed E-state index contributed by atoms with van der Waals surface area (Å²) >= 11 is 8.81. The highest BCUT2D eigenvalue weighted by atomic mass is 79.9. The Morgan fingerprint density at radius 1 is 1.39 bits per heavy atom. The molecule has 0 bridgehead atoms. The SMILES string of the molecule is Fc1cc2c(C3CC4(CCCNC4)O3)nc(Cl)nc2c(F)c1Br. The van der Waals surface area contributed by atoms with Crippen molar-refractivity contribution in [2.24, 2.45) is 0 Å². The van der Waals surface area contributed by atoms with Crippen LogP contribution in [0.4, 0.5) is 8.78 Å². The molecule has 2 fully saturated rings. The zero-order chi connectivity index (χ0) is 16.2. The third-order valence-electron chi connectivity index (χ3n) is 4.52. The lowest BCUT2D eigenvalue weighted by Crippen LogP contribution is -2.55. The minimum Gasteiger partial charge on any atom is -0.364 e. The molecular weight excluding hydrogens is 392 g/mol. The first-order valence-electron chi connectivity index (χ1n) is 7.38. The molecule has 8 heteroatoms. The quantitative estimate of drug-likeness (QED) is 0.578. The molecule has 0 amide bonds. The van der Waals surface area contributed by atoms with Crippen molar-refractivity contribution >= 4 is 38.4 Å². The van der Waals surface area contributed by atoms with Crippen LogP contribution in [0.25, 0.3) is 10.9 Å².